The summed E-state index contributed by atoms with van der Waals surface area (Å²) in [4.78, 5) is 14.8. The fourth-order valence-corrected chi connectivity index (χ4v) is 7.19. The lowest BCUT2D eigenvalue weighted by molar-refractivity contribution is -0.0836. The SMILES string of the molecule is Cc1nnc(N[C@H](C)c2cccc(C(F)(F)C3CCN(C(=O)O)CC3)c2)c2cc(N3CCOCC3)cc(OCCCCCCOCc3ccccc3)c12. The molecule has 0 radical (unpaired) electrons. The van der Waals surface area contributed by atoms with Gasteiger partial charge in [0, 0.05) is 61.4 Å². The summed E-state index contributed by atoms with van der Waals surface area (Å²) in [6.07, 6.45) is 3.14. The number of hydrogen-bond donors (Lipinski definition) is 2. The lowest BCUT2D eigenvalue weighted by atomic mass is 9.85. The van der Waals surface area contributed by atoms with Gasteiger partial charge in [0.25, 0.3) is 5.92 Å². The quantitative estimate of drug-likeness (QED) is 0.110. The van der Waals surface area contributed by atoms with Gasteiger partial charge in [-0.25, -0.2) is 13.6 Å². The van der Waals surface area contributed by atoms with Gasteiger partial charge < -0.3 is 34.4 Å². The van der Waals surface area contributed by atoms with Gasteiger partial charge >= 0.3 is 6.09 Å². The molecule has 53 heavy (non-hydrogen) atoms. The number of unbranched alkanes of at least 4 members (excludes halogenated alkanes) is 3. The van der Waals surface area contributed by atoms with Gasteiger partial charge in [0.1, 0.15) is 5.75 Å². The highest BCUT2D eigenvalue weighted by molar-refractivity contribution is 5.99. The normalized spacial score (nSPS) is 16.2. The molecule has 284 valence electrons. The standard InChI is InChI=1S/C41H51F2N5O5/c1-29(32-13-10-14-34(25-32)41(42,43)33-15-17-48(18-16-33)40(49)50)44-39-36-26-35(47-19-23-51-24-20-47)27-37(38(36)30(2)45-46-39)53-22-9-4-3-8-21-52-28-31-11-6-5-7-12-31/h5-7,10-14,25-27,29,33H,3-4,8-9,15-24,28H2,1-2H3,(H,44,46)(H,49,50)/t29-/m1/s1. The molecule has 10 nitrogen and oxygen atoms in total. The molecule has 0 spiro atoms. The second-order valence-electron chi connectivity index (χ2n) is 14.1. The second kappa shape index (κ2) is 18.0. The van der Waals surface area contributed by atoms with Gasteiger partial charge in [-0.2, -0.15) is 5.10 Å². The van der Waals surface area contributed by atoms with Gasteiger partial charge in [-0.15, -0.1) is 5.10 Å². The van der Waals surface area contributed by atoms with Gasteiger partial charge in [-0.1, -0.05) is 55.0 Å². The van der Waals surface area contributed by atoms with Crippen molar-refractivity contribution in [2.24, 2.45) is 5.92 Å². The minimum atomic E-state index is -3.09. The Kier molecular flexibility index (Phi) is 13.0. The first-order chi connectivity index (χ1) is 25.7. The van der Waals surface area contributed by atoms with E-state index in [0.29, 0.717) is 37.8 Å². The number of rotatable bonds is 16. The van der Waals surface area contributed by atoms with Crippen molar-refractivity contribution in [3.05, 3.63) is 89.1 Å². The Bertz CT molecular complexity index is 1800. The Hall–Kier alpha value is -4.55. The summed E-state index contributed by atoms with van der Waals surface area (Å²) in [5, 5.41) is 23.5. The molecule has 3 aromatic carbocycles. The van der Waals surface area contributed by atoms with Gasteiger partial charge in [0.2, 0.25) is 0 Å². The third-order valence-electron chi connectivity index (χ3n) is 10.3. The number of carbonyl (C=O) groups is 1. The number of nitrogens with one attached hydrogen (secondary N) is 1. The number of aryl methyl sites for hydroxylation is 1. The monoisotopic (exact) mass is 731 g/mol. The van der Waals surface area contributed by atoms with Gasteiger partial charge in [-0.3, -0.25) is 0 Å². The maximum absolute atomic E-state index is 15.8. The topological polar surface area (TPSA) is 109 Å². The van der Waals surface area contributed by atoms with E-state index >= 15 is 8.78 Å². The minimum Gasteiger partial charge on any atom is -0.493 e. The molecule has 4 aromatic rings. The highest BCUT2D eigenvalue weighted by atomic mass is 19.3. The molecule has 0 aliphatic carbocycles. The van der Waals surface area contributed by atoms with Crippen LogP contribution in [0.4, 0.5) is 25.1 Å². The third-order valence-corrected chi connectivity index (χ3v) is 10.3. The Morgan fingerprint density at radius 1 is 0.962 bits per heavy atom. The van der Waals surface area contributed by atoms with Crippen LogP contribution in [0.15, 0.2) is 66.7 Å². The molecule has 12 heteroatoms. The number of likely N-dealkylation sites (tertiary alicyclic amines) is 1. The molecule has 2 N–H and O–H groups in total. The Balaban J connectivity index is 1.14. The number of anilines is 2. The fraction of sp³-hybridized carbons (Fsp3) is 0.488. The molecule has 6 rings (SSSR count). The van der Waals surface area contributed by atoms with E-state index in [4.69, 9.17) is 14.2 Å². The number of nitrogens with zero attached hydrogens (tertiary/aromatic N) is 4. The molecule has 1 amide bonds. The van der Waals surface area contributed by atoms with E-state index in [9.17, 15) is 9.90 Å². The smallest absolute Gasteiger partial charge is 0.407 e. The van der Waals surface area contributed by atoms with E-state index < -0.39 is 17.9 Å². The van der Waals surface area contributed by atoms with E-state index in [1.54, 1.807) is 12.1 Å². The first-order valence-corrected chi connectivity index (χ1v) is 18.8. The van der Waals surface area contributed by atoms with Crippen LogP contribution in [0.3, 0.4) is 0 Å². The molecule has 3 heterocycles. The minimum absolute atomic E-state index is 0.0673. The van der Waals surface area contributed by atoms with Crippen molar-refractivity contribution >= 4 is 28.4 Å². The number of fused-ring (bicyclic) bond motifs is 1. The average molecular weight is 732 g/mol. The Labute approximate surface area is 310 Å². The number of amides is 1. The highest BCUT2D eigenvalue weighted by Crippen LogP contribution is 2.43. The van der Waals surface area contributed by atoms with Crippen LogP contribution in [0, 0.1) is 12.8 Å². The van der Waals surface area contributed by atoms with Crippen LogP contribution in [-0.4, -0.2) is 78.9 Å². The van der Waals surface area contributed by atoms with Crippen LogP contribution in [-0.2, 0) is 22.0 Å². The fourth-order valence-electron chi connectivity index (χ4n) is 7.19. The van der Waals surface area contributed by atoms with Crippen LogP contribution >= 0.6 is 0 Å². The molecule has 0 saturated carbocycles. The maximum atomic E-state index is 15.8. The second-order valence-corrected chi connectivity index (χ2v) is 14.1. The van der Waals surface area contributed by atoms with Crippen molar-refractivity contribution in [2.75, 3.05) is 62.8 Å². The van der Waals surface area contributed by atoms with Crippen molar-refractivity contribution in [1.82, 2.24) is 15.1 Å². The number of piperidine rings is 1. The van der Waals surface area contributed by atoms with Gasteiger partial charge in [-0.05, 0) is 69.2 Å². The van der Waals surface area contributed by atoms with Crippen molar-refractivity contribution < 1.29 is 32.9 Å². The number of morpholine rings is 1. The van der Waals surface area contributed by atoms with E-state index in [1.165, 1.54) is 16.5 Å². The van der Waals surface area contributed by atoms with Crippen molar-refractivity contribution in [2.45, 2.75) is 70.9 Å². The zero-order chi connectivity index (χ0) is 37.2. The Morgan fingerprint density at radius 3 is 2.43 bits per heavy atom. The number of benzene rings is 3. The number of carboxylic acid groups (broad SMARTS) is 1. The summed E-state index contributed by atoms with van der Waals surface area (Å²) in [7, 11) is 0. The largest absolute Gasteiger partial charge is 0.493 e. The summed E-state index contributed by atoms with van der Waals surface area (Å²) in [5.41, 5.74) is 3.55. The van der Waals surface area contributed by atoms with Gasteiger partial charge in [0.15, 0.2) is 5.82 Å². The zero-order valence-corrected chi connectivity index (χ0v) is 30.7. The number of hydrogen-bond acceptors (Lipinski definition) is 8. The molecule has 1 aromatic heterocycles. The molecule has 0 unspecified atom stereocenters. The van der Waals surface area contributed by atoms with E-state index in [2.05, 4.69) is 44.7 Å². The number of halogens is 2. The summed E-state index contributed by atoms with van der Waals surface area (Å²) >= 11 is 0. The maximum Gasteiger partial charge on any atom is 0.407 e. The lowest BCUT2D eigenvalue weighted by Crippen LogP contribution is -2.41. The summed E-state index contributed by atoms with van der Waals surface area (Å²) in [6, 6.07) is 20.5. The summed E-state index contributed by atoms with van der Waals surface area (Å²) in [5.74, 6) is -2.73. The van der Waals surface area contributed by atoms with Crippen LogP contribution in [0.2, 0.25) is 0 Å². The average Bonchev–Trinajstić information content (AvgIpc) is 3.19. The first kappa shape index (κ1) is 38.2. The lowest BCUT2D eigenvalue weighted by Gasteiger charge is -2.35. The zero-order valence-electron chi connectivity index (χ0n) is 30.7. The Morgan fingerprint density at radius 2 is 1.70 bits per heavy atom. The van der Waals surface area contributed by atoms with E-state index in [1.807, 2.05) is 38.1 Å². The van der Waals surface area contributed by atoms with Crippen LogP contribution in [0.5, 0.6) is 5.75 Å². The number of ether oxygens (including phenoxy) is 3. The number of aromatic nitrogens is 2. The molecule has 0 bridgehead atoms. The summed E-state index contributed by atoms with van der Waals surface area (Å²) < 4.78 is 49.5. The van der Waals surface area contributed by atoms with Crippen molar-refractivity contribution in [3.8, 4) is 5.75 Å². The van der Waals surface area contributed by atoms with E-state index in [0.717, 1.165) is 73.3 Å². The first-order valence-electron chi connectivity index (χ1n) is 18.8. The molecule has 2 fully saturated rings. The molecule has 1 atom stereocenters. The van der Waals surface area contributed by atoms with Crippen LogP contribution in [0.25, 0.3) is 10.8 Å². The molecule has 2 saturated heterocycles. The van der Waals surface area contributed by atoms with Crippen LogP contribution < -0.4 is 15.0 Å². The third kappa shape index (κ3) is 9.71. The number of alkyl halides is 2. The molecule has 2 aliphatic heterocycles. The molecule has 2 aliphatic rings. The predicted molar refractivity (Wildman–Crippen MR) is 202 cm³/mol. The molecular formula is C41H51F2N5O5. The summed E-state index contributed by atoms with van der Waals surface area (Å²) in [6.45, 7) is 8.76. The van der Waals surface area contributed by atoms with Gasteiger partial charge in [0.05, 0.1) is 43.5 Å². The van der Waals surface area contributed by atoms with Crippen molar-refractivity contribution in [1.29, 1.82) is 0 Å². The predicted octanol–water partition coefficient (Wildman–Crippen LogP) is 8.59. The van der Waals surface area contributed by atoms with Crippen molar-refractivity contribution in [3.63, 3.8) is 0 Å². The van der Waals surface area contributed by atoms with E-state index in [-0.39, 0.29) is 37.5 Å². The van der Waals surface area contributed by atoms with Crippen LogP contribution in [0.1, 0.15) is 73.9 Å². The highest BCUT2D eigenvalue weighted by Gasteiger charge is 2.43. The molecular weight excluding hydrogens is 680 g/mol.